The maximum Gasteiger partial charge on any atom is 0.138 e. The van der Waals surface area contributed by atoms with Gasteiger partial charge < -0.3 is 14.9 Å². The van der Waals surface area contributed by atoms with Gasteiger partial charge in [-0.25, -0.2) is 5.90 Å². The molecule has 14 heavy (non-hydrogen) atoms. The Morgan fingerprint density at radius 3 is 2.71 bits per heavy atom. The molecule has 0 spiro atoms. The lowest BCUT2D eigenvalue weighted by atomic mass is 10.3. The normalized spacial score (nSPS) is 13.4. The van der Waals surface area contributed by atoms with Gasteiger partial charge in [0.05, 0.1) is 12.9 Å². The van der Waals surface area contributed by atoms with Crippen molar-refractivity contribution < 1.29 is 19.8 Å². The minimum Gasteiger partial charge on any atom is -0.486 e. The summed E-state index contributed by atoms with van der Waals surface area (Å²) in [6.45, 7) is 0.885. The molecule has 0 amide bonds. The predicted octanol–water partition coefficient (Wildman–Crippen LogP) is -1.30. The van der Waals surface area contributed by atoms with Gasteiger partial charge in [0.2, 0.25) is 0 Å². The molecule has 0 heterocycles. The Balaban J connectivity index is 3.38. The zero-order valence-electron chi connectivity index (χ0n) is 8.06. The van der Waals surface area contributed by atoms with Crippen molar-refractivity contribution in [3.8, 4) is 0 Å². The van der Waals surface area contributed by atoms with Gasteiger partial charge in [0, 0.05) is 19.6 Å². The Bertz CT molecular complexity index is 143. The average Bonchev–Trinajstić information content (AvgIpc) is 2.21. The van der Waals surface area contributed by atoms with Crippen LogP contribution in [0.5, 0.6) is 0 Å². The zero-order chi connectivity index (χ0) is 10.6. The molecule has 84 valence electrons. The molecule has 1 unspecified atom stereocenters. The van der Waals surface area contributed by atoms with Crippen LogP contribution in [-0.2, 0) is 9.57 Å². The molecule has 6 heteroatoms. The summed E-state index contributed by atoms with van der Waals surface area (Å²) in [7, 11) is 0. The van der Waals surface area contributed by atoms with E-state index < -0.39 is 0 Å². The van der Waals surface area contributed by atoms with E-state index >= 15 is 0 Å². The summed E-state index contributed by atoms with van der Waals surface area (Å²) < 4.78 is 4.99. The van der Waals surface area contributed by atoms with Gasteiger partial charge in [0.25, 0.3) is 0 Å². The Morgan fingerprint density at radius 1 is 1.36 bits per heavy atom. The van der Waals surface area contributed by atoms with Crippen LogP contribution < -0.4 is 11.2 Å². The smallest absolute Gasteiger partial charge is 0.138 e. The summed E-state index contributed by atoms with van der Waals surface area (Å²) in [6, 6.07) is 0. The Labute approximate surface area is 83.3 Å². The SMILES string of the molecule is NOC(C=COCNCCO)CCO. The molecule has 0 aromatic carbocycles. The molecule has 5 N–H and O–H groups in total. The second-order valence-corrected chi connectivity index (χ2v) is 2.55. The summed E-state index contributed by atoms with van der Waals surface area (Å²) in [6.07, 6.45) is 3.15. The topological polar surface area (TPSA) is 97.0 Å². The van der Waals surface area contributed by atoms with Crippen molar-refractivity contribution in [3.05, 3.63) is 12.3 Å². The summed E-state index contributed by atoms with van der Waals surface area (Å²) >= 11 is 0. The van der Waals surface area contributed by atoms with Gasteiger partial charge in [-0.3, -0.25) is 10.2 Å². The molecule has 0 rings (SSSR count). The standard InChI is InChI=1S/C8H18N2O4/c9-14-8(1-4-11)2-6-13-7-10-3-5-12/h2,6,8,10-12H,1,3-5,7,9H2. The molecule has 0 aromatic rings. The lowest BCUT2D eigenvalue weighted by molar-refractivity contribution is 0.0642. The summed E-state index contributed by atoms with van der Waals surface area (Å²) in [5.74, 6) is 4.95. The molecular formula is C8H18N2O4. The van der Waals surface area contributed by atoms with Crippen molar-refractivity contribution in [2.75, 3.05) is 26.5 Å². The highest BCUT2D eigenvalue weighted by Gasteiger charge is 2.00. The number of ether oxygens (including phenoxy) is 1. The molecular weight excluding hydrogens is 188 g/mol. The maximum atomic E-state index is 8.59. The van der Waals surface area contributed by atoms with E-state index in [-0.39, 0.29) is 19.3 Å². The number of rotatable bonds is 9. The second-order valence-electron chi connectivity index (χ2n) is 2.55. The first-order chi connectivity index (χ1) is 6.85. The third kappa shape index (κ3) is 7.96. The fourth-order valence-corrected chi connectivity index (χ4v) is 0.738. The van der Waals surface area contributed by atoms with E-state index in [1.165, 1.54) is 6.26 Å². The number of nitrogens with two attached hydrogens (primary N) is 1. The van der Waals surface area contributed by atoms with E-state index in [1.807, 2.05) is 0 Å². The maximum absolute atomic E-state index is 8.59. The molecule has 0 aromatic heterocycles. The molecule has 1 atom stereocenters. The van der Waals surface area contributed by atoms with Gasteiger partial charge in [0.1, 0.15) is 12.8 Å². The van der Waals surface area contributed by atoms with E-state index in [1.54, 1.807) is 6.08 Å². The fraction of sp³-hybridized carbons (Fsp3) is 0.750. The van der Waals surface area contributed by atoms with Gasteiger partial charge in [-0.2, -0.15) is 0 Å². The largest absolute Gasteiger partial charge is 0.486 e. The van der Waals surface area contributed by atoms with E-state index in [9.17, 15) is 0 Å². The number of nitrogens with one attached hydrogen (secondary N) is 1. The van der Waals surface area contributed by atoms with Crippen LogP contribution in [-0.4, -0.2) is 42.8 Å². The summed E-state index contributed by atoms with van der Waals surface area (Å²) in [5, 5.41) is 19.8. The van der Waals surface area contributed by atoms with E-state index in [2.05, 4.69) is 10.2 Å². The van der Waals surface area contributed by atoms with Gasteiger partial charge in [-0.15, -0.1) is 0 Å². The van der Waals surface area contributed by atoms with Crippen LogP contribution in [0.4, 0.5) is 0 Å². The van der Waals surface area contributed by atoms with Gasteiger partial charge in [0.15, 0.2) is 0 Å². The minimum atomic E-state index is -0.335. The van der Waals surface area contributed by atoms with Crippen LogP contribution in [0.15, 0.2) is 12.3 Å². The Morgan fingerprint density at radius 2 is 2.14 bits per heavy atom. The molecule has 0 fully saturated rings. The highest BCUT2D eigenvalue weighted by Crippen LogP contribution is 1.96. The number of hydrogen-bond acceptors (Lipinski definition) is 6. The molecule has 0 aliphatic rings. The summed E-state index contributed by atoms with van der Waals surface area (Å²) in [5.41, 5.74) is 0. The van der Waals surface area contributed by atoms with Crippen LogP contribution >= 0.6 is 0 Å². The van der Waals surface area contributed by atoms with Crippen LogP contribution in [0.2, 0.25) is 0 Å². The van der Waals surface area contributed by atoms with E-state index in [0.29, 0.717) is 19.7 Å². The molecule has 0 saturated heterocycles. The zero-order valence-corrected chi connectivity index (χ0v) is 8.06. The van der Waals surface area contributed by atoms with Crippen molar-refractivity contribution in [3.63, 3.8) is 0 Å². The average molecular weight is 206 g/mol. The van der Waals surface area contributed by atoms with Crippen LogP contribution in [0.25, 0.3) is 0 Å². The molecule has 0 saturated carbocycles. The van der Waals surface area contributed by atoms with E-state index in [0.717, 1.165) is 0 Å². The Kier molecular flexibility index (Phi) is 9.93. The van der Waals surface area contributed by atoms with Crippen LogP contribution in [0.3, 0.4) is 0 Å². The van der Waals surface area contributed by atoms with Crippen LogP contribution in [0.1, 0.15) is 6.42 Å². The Hall–Kier alpha value is -0.660. The molecule has 0 radical (unpaired) electrons. The first-order valence-electron chi connectivity index (χ1n) is 4.41. The van der Waals surface area contributed by atoms with Crippen molar-refractivity contribution in [2.45, 2.75) is 12.5 Å². The number of aliphatic hydroxyl groups excluding tert-OH is 2. The van der Waals surface area contributed by atoms with Crippen molar-refractivity contribution in [1.82, 2.24) is 5.32 Å². The molecule has 6 nitrogen and oxygen atoms in total. The van der Waals surface area contributed by atoms with E-state index in [4.69, 9.17) is 20.8 Å². The summed E-state index contributed by atoms with van der Waals surface area (Å²) in [4.78, 5) is 4.53. The monoisotopic (exact) mass is 206 g/mol. The quantitative estimate of drug-likeness (QED) is 0.162. The number of aliphatic hydroxyl groups is 2. The van der Waals surface area contributed by atoms with Crippen molar-refractivity contribution in [2.24, 2.45) is 5.90 Å². The fourth-order valence-electron chi connectivity index (χ4n) is 0.738. The minimum absolute atomic E-state index is 0.00890. The van der Waals surface area contributed by atoms with Crippen molar-refractivity contribution >= 4 is 0 Å². The van der Waals surface area contributed by atoms with Crippen LogP contribution in [0, 0.1) is 0 Å². The lowest BCUT2D eigenvalue weighted by Gasteiger charge is -2.07. The van der Waals surface area contributed by atoms with Crippen molar-refractivity contribution in [1.29, 1.82) is 0 Å². The predicted molar refractivity (Wildman–Crippen MR) is 50.9 cm³/mol. The highest BCUT2D eigenvalue weighted by atomic mass is 16.6. The first-order valence-corrected chi connectivity index (χ1v) is 4.41. The van der Waals surface area contributed by atoms with Gasteiger partial charge in [-0.1, -0.05) is 0 Å². The van der Waals surface area contributed by atoms with Gasteiger partial charge >= 0.3 is 0 Å². The highest BCUT2D eigenvalue weighted by molar-refractivity contribution is 4.83. The second kappa shape index (κ2) is 10.4. The van der Waals surface area contributed by atoms with Gasteiger partial charge in [-0.05, 0) is 6.08 Å². The molecule has 0 bridgehead atoms. The molecule has 0 aliphatic heterocycles. The first kappa shape index (κ1) is 13.3. The number of hydrogen-bond donors (Lipinski definition) is 4. The third-order valence-electron chi connectivity index (χ3n) is 1.45. The molecule has 0 aliphatic carbocycles. The third-order valence-corrected chi connectivity index (χ3v) is 1.45. The lowest BCUT2D eigenvalue weighted by Crippen LogP contribution is -2.20.